The summed E-state index contributed by atoms with van der Waals surface area (Å²) in [5.74, 6) is -0.863. The predicted octanol–water partition coefficient (Wildman–Crippen LogP) is 3.45. The molecule has 126 valence electrons. The van der Waals surface area contributed by atoms with Crippen molar-refractivity contribution in [2.45, 2.75) is 38.3 Å². The molecule has 2 N–H and O–H groups in total. The second-order valence-electron chi connectivity index (χ2n) is 5.79. The van der Waals surface area contributed by atoms with Crippen LogP contribution in [0, 0.1) is 0 Å². The molecule has 1 saturated carbocycles. The van der Waals surface area contributed by atoms with Crippen LogP contribution in [-0.4, -0.2) is 26.9 Å². The first-order valence-electron chi connectivity index (χ1n) is 7.94. The van der Waals surface area contributed by atoms with Gasteiger partial charge in [0.05, 0.1) is 6.04 Å². The van der Waals surface area contributed by atoms with Gasteiger partial charge < -0.3 is 9.84 Å². The maximum atomic E-state index is 11.9. The van der Waals surface area contributed by atoms with Crippen molar-refractivity contribution in [1.82, 2.24) is 9.78 Å². The number of aromatic nitrogens is 2. The average Bonchev–Trinajstić information content (AvgIpc) is 3.23. The van der Waals surface area contributed by atoms with Gasteiger partial charge in [0.1, 0.15) is 12.3 Å². The summed E-state index contributed by atoms with van der Waals surface area (Å²) in [4.78, 5) is 23.3. The Morgan fingerprint density at radius 1 is 1.25 bits per heavy atom. The van der Waals surface area contributed by atoms with E-state index in [0.717, 1.165) is 31.2 Å². The van der Waals surface area contributed by atoms with Crippen molar-refractivity contribution in [1.29, 1.82) is 0 Å². The maximum Gasteiger partial charge on any atom is 0.413 e. The van der Waals surface area contributed by atoms with E-state index in [0.29, 0.717) is 0 Å². The number of nitrogens with zero attached hydrogens (tertiary/aromatic N) is 2. The van der Waals surface area contributed by atoms with E-state index < -0.39 is 12.1 Å². The molecule has 7 nitrogen and oxygen atoms in total. The molecule has 2 aromatic rings. The van der Waals surface area contributed by atoms with Gasteiger partial charge in [0, 0.05) is 6.07 Å². The molecule has 1 aliphatic carbocycles. The Morgan fingerprint density at radius 2 is 1.96 bits per heavy atom. The molecule has 7 heteroatoms. The summed E-state index contributed by atoms with van der Waals surface area (Å²) in [6.45, 7) is 0.141. The van der Waals surface area contributed by atoms with Gasteiger partial charge in [0.15, 0.2) is 5.82 Å². The summed E-state index contributed by atoms with van der Waals surface area (Å²) >= 11 is 0. The van der Waals surface area contributed by atoms with Crippen molar-refractivity contribution in [2.75, 3.05) is 5.32 Å². The number of hydrogen-bond donors (Lipinski definition) is 2. The van der Waals surface area contributed by atoms with Gasteiger partial charge >= 0.3 is 12.1 Å². The van der Waals surface area contributed by atoms with E-state index in [-0.39, 0.29) is 24.2 Å². The van der Waals surface area contributed by atoms with Gasteiger partial charge in [0.2, 0.25) is 0 Å². The number of carbonyl (C=O) groups excluding carboxylic acids is 1. The zero-order chi connectivity index (χ0) is 16.9. The van der Waals surface area contributed by atoms with Crippen LogP contribution in [0.4, 0.5) is 10.6 Å². The van der Waals surface area contributed by atoms with Crippen LogP contribution >= 0.6 is 0 Å². The normalized spacial score (nSPS) is 14.5. The van der Waals surface area contributed by atoms with E-state index in [1.807, 2.05) is 30.3 Å². The lowest BCUT2D eigenvalue weighted by Crippen LogP contribution is -2.16. The molecule has 0 bridgehead atoms. The quantitative estimate of drug-likeness (QED) is 0.876. The molecule has 0 radical (unpaired) electrons. The number of nitrogens with one attached hydrogen (secondary N) is 1. The van der Waals surface area contributed by atoms with Gasteiger partial charge in [-0.25, -0.2) is 9.59 Å². The molecule has 0 aliphatic heterocycles. The Balaban J connectivity index is 1.65. The van der Waals surface area contributed by atoms with Crippen molar-refractivity contribution in [2.24, 2.45) is 0 Å². The van der Waals surface area contributed by atoms with E-state index in [4.69, 9.17) is 4.74 Å². The van der Waals surface area contributed by atoms with Crippen LogP contribution in [0.1, 0.15) is 47.8 Å². The Hall–Kier alpha value is -2.83. The number of carboxylic acids is 1. The first-order valence-corrected chi connectivity index (χ1v) is 7.94. The molecular weight excluding hydrogens is 310 g/mol. The van der Waals surface area contributed by atoms with Gasteiger partial charge in [0.25, 0.3) is 0 Å². The topological polar surface area (TPSA) is 93.5 Å². The molecule has 24 heavy (non-hydrogen) atoms. The van der Waals surface area contributed by atoms with E-state index in [2.05, 4.69) is 10.4 Å². The van der Waals surface area contributed by atoms with E-state index in [9.17, 15) is 14.7 Å². The molecule has 0 saturated heterocycles. The van der Waals surface area contributed by atoms with Gasteiger partial charge in [-0.1, -0.05) is 43.2 Å². The van der Waals surface area contributed by atoms with E-state index in [1.165, 1.54) is 10.7 Å². The third kappa shape index (κ3) is 3.73. The summed E-state index contributed by atoms with van der Waals surface area (Å²) in [6, 6.07) is 10.7. The second kappa shape index (κ2) is 7.16. The van der Waals surface area contributed by atoms with Crippen LogP contribution in [0.3, 0.4) is 0 Å². The first kappa shape index (κ1) is 16.0. The lowest BCUT2D eigenvalue weighted by atomic mass is 10.2. The predicted molar refractivity (Wildman–Crippen MR) is 86.9 cm³/mol. The fraction of sp³-hybridized carbons (Fsp3) is 0.353. The maximum absolute atomic E-state index is 11.9. The number of ether oxygens (including phenoxy) is 1. The van der Waals surface area contributed by atoms with Crippen LogP contribution < -0.4 is 5.32 Å². The zero-order valence-electron chi connectivity index (χ0n) is 13.1. The number of carbonyl (C=O) groups is 2. The van der Waals surface area contributed by atoms with Crippen molar-refractivity contribution in [3.05, 3.63) is 47.7 Å². The Bertz CT molecular complexity index is 721. The summed E-state index contributed by atoms with van der Waals surface area (Å²) in [5.41, 5.74) is 0.954. The summed E-state index contributed by atoms with van der Waals surface area (Å²) in [6.07, 6.45) is 3.27. The molecule has 0 unspecified atom stereocenters. The number of amides is 1. The molecule has 1 fully saturated rings. The van der Waals surface area contributed by atoms with Crippen molar-refractivity contribution >= 4 is 17.9 Å². The Kier molecular flexibility index (Phi) is 4.79. The molecule has 0 spiro atoms. The Morgan fingerprint density at radius 3 is 2.62 bits per heavy atom. The smallest absolute Gasteiger partial charge is 0.413 e. The summed E-state index contributed by atoms with van der Waals surface area (Å²) in [7, 11) is 0. The minimum Gasteiger partial charge on any atom is -0.477 e. The molecule has 1 aromatic carbocycles. The summed E-state index contributed by atoms with van der Waals surface area (Å²) in [5, 5.41) is 16.0. The highest BCUT2D eigenvalue weighted by Crippen LogP contribution is 2.31. The zero-order valence-corrected chi connectivity index (χ0v) is 13.1. The fourth-order valence-corrected chi connectivity index (χ4v) is 2.91. The van der Waals surface area contributed by atoms with Crippen molar-refractivity contribution in [3.63, 3.8) is 0 Å². The number of hydrogen-bond acceptors (Lipinski definition) is 4. The van der Waals surface area contributed by atoms with Gasteiger partial charge in [-0.3, -0.25) is 10.00 Å². The average molecular weight is 329 g/mol. The first-order chi connectivity index (χ1) is 11.6. The lowest BCUT2D eigenvalue weighted by molar-refractivity contribution is 0.0680. The molecule has 0 atom stereocenters. The van der Waals surface area contributed by atoms with Crippen LogP contribution in [0.5, 0.6) is 0 Å². The highest BCUT2D eigenvalue weighted by Gasteiger charge is 2.24. The van der Waals surface area contributed by atoms with Gasteiger partial charge in [-0.05, 0) is 18.4 Å². The Labute approximate surface area is 139 Å². The van der Waals surface area contributed by atoms with Crippen LogP contribution in [0.15, 0.2) is 36.4 Å². The van der Waals surface area contributed by atoms with Crippen LogP contribution in [0.2, 0.25) is 0 Å². The molecule has 1 amide bonds. The standard InChI is InChI=1S/C17H19N3O4/c21-16(22)14-10-15(19-20(14)13-8-4-5-9-13)18-17(23)24-11-12-6-2-1-3-7-12/h1-3,6-7,10,13H,4-5,8-9,11H2,(H,21,22)(H,18,19,23). The molecule has 1 aliphatic rings. The minimum atomic E-state index is -1.06. The number of rotatable bonds is 5. The molecule has 1 heterocycles. The fourth-order valence-electron chi connectivity index (χ4n) is 2.91. The van der Waals surface area contributed by atoms with E-state index in [1.54, 1.807) is 0 Å². The summed E-state index contributed by atoms with van der Waals surface area (Å²) < 4.78 is 6.62. The van der Waals surface area contributed by atoms with Crippen LogP contribution in [0.25, 0.3) is 0 Å². The highest BCUT2D eigenvalue weighted by molar-refractivity contribution is 5.89. The van der Waals surface area contributed by atoms with Crippen molar-refractivity contribution in [3.8, 4) is 0 Å². The third-order valence-corrected chi connectivity index (χ3v) is 4.07. The van der Waals surface area contributed by atoms with Crippen LogP contribution in [-0.2, 0) is 11.3 Å². The number of anilines is 1. The van der Waals surface area contributed by atoms with Crippen molar-refractivity contribution < 1.29 is 19.4 Å². The minimum absolute atomic E-state index is 0.0759. The van der Waals surface area contributed by atoms with E-state index >= 15 is 0 Å². The van der Waals surface area contributed by atoms with Gasteiger partial charge in [-0.15, -0.1) is 0 Å². The SMILES string of the molecule is O=C(Nc1cc(C(=O)O)n(C2CCCC2)n1)OCc1ccccc1. The molecular formula is C17H19N3O4. The third-order valence-electron chi connectivity index (χ3n) is 4.07. The lowest BCUT2D eigenvalue weighted by Gasteiger charge is -2.11. The molecule has 3 rings (SSSR count). The number of aromatic carboxylic acids is 1. The highest BCUT2D eigenvalue weighted by atomic mass is 16.5. The van der Waals surface area contributed by atoms with Gasteiger partial charge in [-0.2, -0.15) is 5.10 Å². The second-order valence-corrected chi connectivity index (χ2v) is 5.79. The number of carboxylic acid groups (broad SMARTS) is 1. The molecule has 1 aromatic heterocycles. The monoisotopic (exact) mass is 329 g/mol. The number of benzene rings is 1. The largest absolute Gasteiger partial charge is 0.477 e.